The van der Waals surface area contributed by atoms with Crippen LogP contribution < -0.4 is 5.32 Å². The van der Waals surface area contributed by atoms with Gasteiger partial charge in [-0.2, -0.15) is 0 Å². The molecule has 0 aliphatic carbocycles. The summed E-state index contributed by atoms with van der Waals surface area (Å²) in [5.41, 5.74) is 1.69. The molecule has 0 spiro atoms. The number of nitrogens with zero attached hydrogens (tertiary/aromatic N) is 2. The van der Waals surface area contributed by atoms with Crippen molar-refractivity contribution in [2.24, 2.45) is 0 Å². The van der Waals surface area contributed by atoms with Gasteiger partial charge in [0.25, 0.3) is 16.8 Å². The first-order valence-electron chi connectivity index (χ1n) is 9.87. The summed E-state index contributed by atoms with van der Waals surface area (Å²) < 4.78 is 5.68. The fraction of sp³-hybridized carbons (Fsp3) is 0.0870. The maximum atomic E-state index is 12.7. The molecule has 0 radical (unpaired) electrons. The Morgan fingerprint density at radius 3 is 2.76 bits per heavy atom. The van der Waals surface area contributed by atoms with E-state index in [1.165, 1.54) is 24.3 Å². The predicted molar refractivity (Wildman–Crippen MR) is 128 cm³/mol. The number of thioether (sulfide) groups is 1. The van der Waals surface area contributed by atoms with Crippen molar-refractivity contribution in [1.29, 1.82) is 0 Å². The molecule has 3 aromatic rings. The third kappa shape index (κ3) is 5.03. The summed E-state index contributed by atoms with van der Waals surface area (Å²) in [4.78, 5) is 48.9. The number of halogens is 1. The van der Waals surface area contributed by atoms with Gasteiger partial charge in [-0.25, -0.2) is 0 Å². The number of nitro benzene ring substituents is 1. The van der Waals surface area contributed by atoms with Gasteiger partial charge in [0.05, 0.1) is 9.83 Å². The number of hydrogen-bond donors (Lipinski definition) is 1. The summed E-state index contributed by atoms with van der Waals surface area (Å²) in [5, 5.41) is 13.5. The molecule has 1 fully saturated rings. The smallest absolute Gasteiger partial charge is 0.294 e. The minimum absolute atomic E-state index is 0.0807. The molecule has 2 aromatic carbocycles. The van der Waals surface area contributed by atoms with Crippen molar-refractivity contribution >= 4 is 57.9 Å². The standard InChI is InChI=1S/C23H16ClN3O6S/c1-13-5-6-15(24)10-18(13)25-21(28)12-26-22(29)20(34-23(26)30)11-17-7-8-19(33-17)14-3-2-4-16(9-14)27(31)32/h2-11H,12H2,1H3,(H,25,28)/b20-11+. The topological polar surface area (TPSA) is 123 Å². The van der Waals surface area contributed by atoms with Crippen LogP contribution in [0.3, 0.4) is 0 Å². The molecule has 9 nitrogen and oxygen atoms in total. The number of furan rings is 1. The van der Waals surface area contributed by atoms with Gasteiger partial charge in [-0.15, -0.1) is 0 Å². The number of nitro groups is 1. The second kappa shape index (κ2) is 9.54. The number of amides is 3. The number of carbonyl (C=O) groups is 3. The van der Waals surface area contributed by atoms with Gasteiger partial charge in [0, 0.05) is 34.5 Å². The highest BCUT2D eigenvalue weighted by Gasteiger charge is 2.36. The molecule has 0 unspecified atom stereocenters. The van der Waals surface area contributed by atoms with Crippen molar-refractivity contribution in [1.82, 2.24) is 4.90 Å². The Morgan fingerprint density at radius 1 is 1.21 bits per heavy atom. The van der Waals surface area contributed by atoms with E-state index in [0.29, 0.717) is 33.8 Å². The van der Waals surface area contributed by atoms with E-state index in [2.05, 4.69) is 5.32 Å². The molecular weight excluding hydrogens is 482 g/mol. The monoisotopic (exact) mass is 497 g/mol. The number of anilines is 1. The maximum absolute atomic E-state index is 12.7. The number of rotatable bonds is 6. The lowest BCUT2D eigenvalue weighted by Gasteiger charge is -2.13. The molecule has 1 N–H and O–H groups in total. The van der Waals surface area contributed by atoms with Gasteiger partial charge in [0.15, 0.2) is 0 Å². The van der Waals surface area contributed by atoms with Gasteiger partial charge in [0.1, 0.15) is 18.1 Å². The molecule has 172 valence electrons. The highest BCUT2D eigenvalue weighted by Crippen LogP contribution is 2.34. The van der Waals surface area contributed by atoms with Crippen LogP contribution in [0.15, 0.2) is 63.9 Å². The fourth-order valence-electron chi connectivity index (χ4n) is 3.19. The van der Waals surface area contributed by atoms with Crippen LogP contribution in [0, 0.1) is 17.0 Å². The van der Waals surface area contributed by atoms with Crippen LogP contribution in [0.25, 0.3) is 17.4 Å². The molecule has 3 amide bonds. The van der Waals surface area contributed by atoms with E-state index in [9.17, 15) is 24.5 Å². The Balaban J connectivity index is 1.47. The van der Waals surface area contributed by atoms with Gasteiger partial charge in [-0.1, -0.05) is 29.8 Å². The zero-order chi connectivity index (χ0) is 24.4. The van der Waals surface area contributed by atoms with Crippen LogP contribution in [0.2, 0.25) is 5.02 Å². The lowest BCUT2D eigenvalue weighted by molar-refractivity contribution is -0.384. The van der Waals surface area contributed by atoms with Crippen molar-refractivity contribution in [3.8, 4) is 11.3 Å². The quantitative estimate of drug-likeness (QED) is 0.271. The van der Waals surface area contributed by atoms with E-state index >= 15 is 0 Å². The number of imide groups is 1. The first kappa shape index (κ1) is 23.3. The average molecular weight is 498 g/mol. The second-order valence-electron chi connectivity index (χ2n) is 7.28. The summed E-state index contributed by atoms with van der Waals surface area (Å²) in [6, 6.07) is 14.1. The molecule has 0 atom stereocenters. The molecule has 11 heteroatoms. The van der Waals surface area contributed by atoms with Crippen LogP contribution in [0.1, 0.15) is 11.3 Å². The van der Waals surface area contributed by atoms with Gasteiger partial charge in [0.2, 0.25) is 5.91 Å². The van der Waals surface area contributed by atoms with E-state index in [-0.39, 0.29) is 16.4 Å². The molecule has 4 rings (SSSR count). The third-order valence-corrected chi connectivity index (χ3v) is 6.03. The van der Waals surface area contributed by atoms with E-state index in [1.807, 2.05) is 0 Å². The molecule has 1 aliphatic rings. The summed E-state index contributed by atoms with van der Waals surface area (Å²) in [6.07, 6.45) is 1.39. The van der Waals surface area contributed by atoms with E-state index < -0.39 is 28.5 Å². The number of hydrogen-bond acceptors (Lipinski definition) is 7. The Morgan fingerprint density at radius 2 is 2.00 bits per heavy atom. The van der Waals surface area contributed by atoms with Crippen LogP contribution in [-0.2, 0) is 9.59 Å². The van der Waals surface area contributed by atoms with Crippen LogP contribution >= 0.6 is 23.4 Å². The Hall–Kier alpha value is -3.89. The Kier molecular flexibility index (Phi) is 6.53. The Labute approximate surface area is 202 Å². The summed E-state index contributed by atoms with van der Waals surface area (Å²) in [6.45, 7) is 1.34. The lowest BCUT2D eigenvalue weighted by atomic mass is 10.1. The van der Waals surface area contributed by atoms with Gasteiger partial charge >= 0.3 is 0 Å². The summed E-state index contributed by atoms with van der Waals surface area (Å²) >= 11 is 6.65. The first-order chi connectivity index (χ1) is 16.2. The summed E-state index contributed by atoms with van der Waals surface area (Å²) in [5.74, 6) is -0.516. The number of nitrogens with one attached hydrogen (secondary N) is 1. The zero-order valence-corrected chi connectivity index (χ0v) is 19.2. The van der Waals surface area contributed by atoms with Crippen molar-refractivity contribution in [3.05, 3.63) is 86.0 Å². The summed E-state index contributed by atoms with van der Waals surface area (Å²) in [7, 11) is 0. The molecule has 34 heavy (non-hydrogen) atoms. The number of aryl methyl sites for hydroxylation is 1. The number of non-ortho nitro benzene ring substituents is 1. The highest BCUT2D eigenvalue weighted by atomic mass is 35.5. The first-order valence-corrected chi connectivity index (χ1v) is 11.1. The molecule has 1 aromatic heterocycles. The van der Waals surface area contributed by atoms with Crippen LogP contribution in [0.5, 0.6) is 0 Å². The third-order valence-electron chi connectivity index (χ3n) is 4.89. The number of benzene rings is 2. The van der Waals surface area contributed by atoms with Crippen molar-refractivity contribution < 1.29 is 23.7 Å². The minimum atomic E-state index is -0.624. The van der Waals surface area contributed by atoms with Crippen LogP contribution in [-0.4, -0.2) is 33.4 Å². The number of carbonyl (C=O) groups excluding carboxylic acids is 3. The predicted octanol–water partition coefficient (Wildman–Crippen LogP) is 5.49. The highest BCUT2D eigenvalue weighted by molar-refractivity contribution is 8.18. The van der Waals surface area contributed by atoms with Crippen LogP contribution in [0.4, 0.5) is 16.2 Å². The lowest BCUT2D eigenvalue weighted by Crippen LogP contribution is -2.36. The van der Waals surface area contributed by atoms with E-state index in [0.717, 1.165) is 10.5 Å². The Bertz CT molecular complexity index is 1370. The molecular formula is C23H16ClN3O6S. The van der Waals surface area contributed by atoms with Crippen molar-refractivity contribution in [2.75, 3.05) is 11.9 Å². The second-order valence-corrected chi connectivity index (χ2v) is 8.71. The molecule has 0 saturated carbocycles. The average Bonchev–Trinajstić information content (AvgIpc) is 3.37. The van der Waals surface area contributed by atoms with E-state index in [4.69, 9.17) is 16.0 Å². The normalized spacial score (nSPS) is 14.6. The molecule has 1 aliphatic heterocycles. The largest absolute Gasteiger partial charge is 0.457 e. The fourth-order valence-corrected chi connectivity index (χ4v) is 4.18. The molecule has 2 heterocycles. The van der Waals surface area contributed by atoms with Crippen molar-refractivity contribution in [3.63, 3.8) is 0 Å². The molecule has 0 bridgehead atoms. The van der Waals surface area contributed by atoms with Gasteiger partial charge in [-0.05, 0) is 48.5 Å². The van der Waals surface area contributed by atoms with Gasteiger partial charge < -0.3 is 9.73 Å². The van der Waals surface area contributed by atoms with Crippen molar-refractivity contribution in [2.45, 2.75) is 6.92 Å². The molecule has 1 saturated heterocycles. The maximum Gasteiger partial charge on any atom is 0.294 e. The SMILES string of the molecule is Cc1ccc(Cl)cc1NC(=O)CN1C(=O)S/C(=C/c2ccc(-c3cccc([N+](=O)[O-])c3)o2)C1=O. The minimum Gasteiger partial charge on any atom is -0.457 e. The van der Waals surface area contributed by atoms with E-state index in [1.54, 1.807) is 43.3 Å². The zero-order valence-electron chi connectivity index (χ0n) is 17.6. The van der Waals surface area contributed by atoms with Gasteiger partial charge in [-0.3, -0.25) is 29.4 Å².